The highest BCUT2D eigenvalue weighted by Crippen LogP contribution is 2.43. The Kier molecular flexibility index (Phi) is 6.87. The van der Waals surface area contributed by atoms with Crippen LogP contribution in [0.3, 0.4) is 0 Å². The van der Waals surface area contributed by atoms with E-state index in [-0.39, 0.29) is 29.7 Å². The van der Waals surface area contributed by atoms with Crippen molar-refractivity contribution in [1.82, 2.24) is 9.80 Å². The van der Waals surface area contributed by atoms with Gasteiger partial charge >= 0.3 is 12.1 Å². The number of carboxylic acid groups (broad SMARTS) is 1. The molecule has 0 aromatic carbocycles. The predicted octanol–water partition coefficient (Wildman–Crippen LogP) is 0.720. The Hall–Kier alpha value is -2.35. The number of hydrogen-bond donors (Lipinski definition) is 2. The number of amides is 2. The van der Waals surface area contributed by atoms with E-state index in [0.29, 0.717) is 13.0 Å². The van der Waals surface area contributed by atoms with Crippen molar-refractivity contribution in [3.05, 3.63) is 0 Å². The van der Waals surface area contributed by atoms with Gasteiger partial charge in [-0.05, 0) is 38.0 Å². The van der Waals surface area contributed by atoms with Crippen molar-refractivity contribution < 1.29 is 32.7 Å². The monoisotopic (exact) mass is 404 g/mol. The maximum atomic E-state index is 12.4. The maximum absolute atomic E-state index is 12.4. The third kappa shape index (κ3) is 5.13. The molecule has 3 fully saturated rings. The number of nitrogens with zero attached hydrogens (tertiary/aromatic N) is 3. The number of carbonyl (C=O) groups is 3. The van der Waals surface area contributed by atoms with Gasteiger partial charge in [-0.2, -0.15) is 18.4 Å². The molecular formula is C17H23F3N4O4. The SMILES string of the molecule is N#C[C@@H]1CCCN1C(=O)[C@@H](N)C1C[C@@H]1C(=O)N1CCCC1.O=C(O)C(F)(F)F. The second kappa shape index (κ2) is 8.77. The van der Waals surface area contributed by atoms with Crippen LogP contribution in [-0.4, -0.2) is 70.6 Å². The standard InChI is InChI=1S/C15H22N4O2.C2HF3O2/c16-9-10-4-3-7-19(10)15(21)13(17)11-8-12(11)14(20)18-5-1-2-6-18;3-2(4,5)1(6)7/h10-13H,1-8,17H2;(H,6,7)/t10-,11?,12-,13-;/m0./s1. The number of carboxylic acids is 1. The molecule has 11 heteroatoms. The molecular weight excluding hydrogens is 381 g/mol. The van der Waals surface area contributed by atoms with E-state index in [0.717, 1.165) is 38.8 Å². The molecule has 2 amide bonds. The lowest BCUT2D eigenvalue weighted by Gasteiger charge is -2.23. The van der Waals surface area contributed by atoms with Gasteiger partial charge in [-0.3, -0.25) is 9.59 Å². The Balaban J connectivity index is 0.000000345. The van der Waals surface area contributed by atoms with Crippen molar-refractivity contribution in [1.29, 1.82) is 5.26 Å². The highest BCUT2D eigenvalue weighted by Gasteiger charge is 2.51. The summed E-state index contributed by atoms with van der Waals surface area (Å²) in [7, 11) is 0. The first kappa shape index (κ1) is 21.9. The molecule has 28 heavy (non-hydrogen) atoms. The minimum Gasteiger partial charge on any atom is -0.475 e. The average Bonchev–Trinajstić information content (AvgIpc) is 3.04. The van der Waals surface area contributed by atoms with Crippen molar-refractivity contribution in [2.24, 2.45) is 17.6 Å². The average molecular weight is 404 g/mol. The Morgan fingerprint density at radius 1 is 1.14 bits per heavy atom. The van der Waals surface area contributed by atoms with Gasteiger partial charge in [-0.1, -0.05) is 0 Å². The van der Waals surface area contributed by atoms with Crippen LogP contribution < -0.4 is 5.73 Å². The van der Waals surface area contributed by atoms with Crippen LogP contribution in [0.5, 0.6) is 0 Å². The van der Waals surface area contributed by atoms with Gasteiger partial charge in [0.05, 0.1) is 12.1 Å². The van der Waals surface area contributed by atoms with Gasteiger partial charge in [-0.25, -0.2) is 4.79 Å². The molecule has 4 atom stereocenters. The molecule has 3 aliphatic rings. The number of hydrogen-bond acceptors (Lipinski definition) is 5. The van der Waals surface area contributed by atoms with Gasteiger partial charge in [0.2, 0.25) is 11.8 Å². The van der Waals surface area contributed by atoms with Crippen LogP contribution in [0.2, 0.25) is 0 Å². The minimum absolute atomic E-state index is 0.0365. The largest absolute Gasteiger partial charge is 0.490 e. The summed E-state index contributed by atoms with van der Waals surface area (Å²) in [6.07, 6.45) is -0.627. The summed E-state index contributed by atoms with van der Waals surface area (Å²) < 4.78 is 31.7. The first-order valence-electron chi connectivity index (χ1n) is 9.12. The second-order valence-corrected chi connectivity index (χ2v) is 7.19. The molecule has 3 N–H and O–H groups in total. The topological polar surface area (TPSA) is 128 Å². The van der Waals surface area contributed by atoms with Crippen LogP contribution in [0, 0.1) is 23.2 Å². The fraction of sp³-hybridized carbons (Fsp3) is 0.765. The van der Waals surface area contributed by atoms with Gasteiger partial charge < -0.3 is 20.6 Å². The third-order valence-corrected chi connectivity index (χ3v) is 5.25. The zero-order chi connectivity index (χ0) is 21.1. The summed E-state index contributed by atoms with van der Waals surface area (Å²) in [6.45, 7) is 2.30. The van der Waals surface area contributed by atoms with E-state index in [1.54, 1.807) is 4.90 Å². The van der Waals surface area contributed by atoms with Crippen LogP contribution >= 0.6 is 0 Å². The molecule has 3 rings (SSSR count). The van der Waals surface area contributed by atoms with E-state index < -0.39 is 18.2 Å². The number of rotatable bonds is 3. The molecule has 0 aromatic rings. The lowest BCUT2D eigenvalue weighted by Crippen LogP contribution is -2.47. The van der Waals surface area contributed by atoms with Crippen LogP contribution in [0.25, 0.3) is 0 Å². The van der Waals surface area contributed by atoms with E-state index in [9.17, 15) is 22.8 Å². The smallest absolute Gasteiger partial charge is 0.475 e. The normalized spacial score (nSPS) is 27.5. The van der Waals surface area contributed by atoms with E-state index in [1.807, 2.05) is 4.90 Å². The zero-order valence-corrected chi connectivity index (χ0v) is 15.2. The molecule has 0 spiro atoms. The van der Waals surface area contributed by atoms with Crippen LogP contribution in [0.15, 0.2) is 0 Å². The lowest BCUT2D eigenvalue weighted by molar-refractivity contribution is -0.192. The summed E-state index contributed by atoms with van der Waals surface area (Å²) in [4.78, 5) is 37.1. The maximum Gasteiger partial charge on any atom is 0.490 e. The first-order chi connectivity index (χ1) is 13.1. The van der Waals surface area contributed by atoms with Crippen molar-refractivity contribution in [3.63, 3.8) is 0 Å². The van der Waals surface area contributed by atoms with Crippen LogP contribution in [0.1, 0.15) is 32.1 Å². The molecule has 8 nitrogen and oxygen atoms in total. The number of alkyl halides is 3. The number of halogens is 3. The van der Waals surface area contributed by atoms with E-state index >= 15 is 0 Å². The fourth-order valence-corrected chi connectivity index (χ4v) is 3.61. The molecule has 1 aliphatic carbocycles. The quantitative estimate of drug-likeness (QED) is 0.713. The first-order valence-corrected chi connectivity index (χ1v) is 9.12. The Morgan fingerprint density at radius 3 is 2.21 bits per heavy atom. The third-order valence-electron chi connectivity index (χ3n) is 5.25. The zero-order valence-electron chi connectivity index (χ0n) is 15.2. The fourth-order valence-electron chi connectivity index (χ4n) is 3.61. The van der Waals surface area contributed by atoms with Crippen molar-refractivity contribution >= 4 is 17.8 Å². The number of nitrogens with two attached hydrogens (primary N) is 1. The highest BCUT2D eigenvalue weighted by molar-refractivity contribution is 5.87. The molecule has 2 heterocycles. The van der Waals surface area contributed by atoms with Gasteiger partial charge in [-0.15, -0.1) is 0 Å². The lowest BCUT2D eigenvalue weighted by atomic mass is 10.1. The summed E-state index contributed by atoms with van der Waals surface area (Å²) in [5.74, 6) is -2.86. The molecule has 0 bridgehead atoms. The summed E-state index contributed by atoms with van der Waals surface area (Å²) in [6, 6.07) is 1.20. The molecule has 156 valence electrons. The molecule has 0 radical (unpaired) electrons. The highest BCUT2D eigenvalue weighted by atomic mass is 19.4. The Bertz CT molecular complexity index is 658. The molecule has 2 saturated heterocycles. The van der Waals surface area contributed by atoms with Gasteiger partial charge in [0.15, 0.2) is 0 Å². The summed E-state index contributed by atoms with van der Waals surface area (Å²) in [5, 5.41) is 16.2. The molecule has 0 aromatic heterocycles. The second-order valence-electron chi connectivity index (χ2n) is 7.19. The number of aliphatic carboxylic acids is 1. The van der Waals surface area contributed by atoms with E-state index in [4.69, 9.17) is 20.9 Å². The molecule has 2 aliphatic heterocycles. The summed E-state index contributed by atoms with van der Waals surface area (Å²) >= 11 is 0. The van der Waals surface area contributed by atoms with E-state index in [1.165, 1.54) is 0 Å². The van der Waals surface area contributed by atoms with Crippen LogP contribution in [0.4, 0.5) is 13.2 Å². The van der Waals surface area contributed by atoms with Crippen LogP contribution in [-0.2, 0) is 14.4 Å². The minimum atomic E-state index is -5.08. The van der Waals surface area contributed by atoms with Gasteiger partial charge in [0.25, 0.3) is 0 Å². The van der Waals surface area contributed by atoms with Gasteiger partial charge in [0.1, 0.15) is 6.04 Å². The molecule has 1 saturated carbocycles. The van der Waals surface area contributed by atoms with Gasteiger partial charge in [0, 0.05) is 25.6 Å². The summed E-state index contributed by atoms with van der Waals surface area (Å²) in [5.41, 5.74) is 6.07. The predicted molar refractivity (Wildman–Crippen MR) is 89.4 cm³/mol. The Labute approximate surface area is 160 Å². The molecule has 1 unspecified atom stereocenters. The van der Waals surface area contributed by atoms with Crippen molar-refractivity contribution in [3.8, 4) is 6.07 Å². The van der Waals surface area contributed by atoms with Crippen molar-refractivity contribution in [2.45, 2.75) is 50.4 Å². The van der Waals surface area contributed by atoms with E-state index in [2.05, 4.69) is 6.07 Å². The number of nitriles is 1. The Morgan fingerprint density at radius 2 is 1.71 bits per heavy atom. The van der Waals surface area contributed by atoms with Crippen molar-refractivity contribution in [2.75, 3.05) is 19.6 Å². The number of carbonyl (C=O) groups excluding carboxylic acids is 2. The number of likely N-dealkylation sites (tertiary alicyclic amines) is 2.